The zero-order valence-electron chi connectivity index (χ0n) is 13.9. The molecule has 0 amide bonds. The van der Waals surface area contributed by atoms with Gasteiger partial charge in [-0.05, 0) is 61.8 Å². The normalized spacial score (nSPS) is 19.8. The maximum Gasteiger partial charge on any atom is 0.402 e. The molecule has 1 aromatic rings. The summed E-state index contributed by atoms with van der Waals surface area (Å²) in [5, 5.41) is 0. The van der Waals surface area contributed by atoms with Crippen molar-refractivity contribution in [3.63, 3.8) is 0 Å². The molecule has 0 saturated carbocycles. The van der Waals surface area contributed by atoms with Crippen LogP contribution >= 0.6 is 0 Å². The van der Waals surface area contributed by atoms with Gasteiger partial charge >= 0.3 is 6.18 Å². The molecule has 1 aromatic carbocycles. The number of hydrogen-bond donors (Lipinski definition) is 0. The number of alkyl halides is 3. The zero-order chi connectivity index (χ0) is 18.1. The van der Waals surface area contributed by atoms with Gasteiger partial charge in [0.2, 0.25) is 10.0 Å². The van der Waals surface area contributed by atoms with Crippen molar-refractivity contribution in [1.82, 2.24) is 4.31 Å². The molecule has 2 aliphatic rings. The summed E-state index contributed by atoms with van der Waals surface area (Å²) >= 11 is 0. The van der Waals surface area contributed by atoms with Crippen LogP contribution in [0.15, 0.2) is 23.1 Å². The van der Waals surface area contributed by atoms with Gasteiger partial charge in [-0.25, -0.2) is 8.42 Å². The number of hydrogen-bond acceptors (Lipinski definition) is 3. The molecule has 25 heavy (non-hydrogen) atoms. The van der Waals surface area contributed by atoms with Crippen molar-refractivity contribution >= 4 is 10.0 Å². The Morgan fingerprint density at radius 1 is 1.08 bits per heavy atom. The van der Waals surface area contributed by atoms with Crippen LogP contribution in [0.3, 0.4) is 0 Å². The predicted molar refractivity (Wildman–Crippen MR) is 86.9 cm³/mol. The second-order valence-electron chi connectivity index (χ2n) is 6.65. The molecule has 1 aliphatic heterocycles. The van der Waals surface area contributed by atoms with E-state index in [-0.39, 0.29) is 31.0 Å². The first-order valence-electron chi connectivity index (χ1n) is 8.55. The molecule has 0 aromatic heterocycles. The summed E-state index contributed by atoms with van der Waals surface area (Å²) < 4.78 is 70.9. The molecule has 0 spiro atoms. The Hall–Kier alpha value is -1.12. The van der Waals surface area contributed by atoms with Crippen LogP contribution in [0, 0.1) is 0 Å². The third kappa shape index (κ3) is 4.35. The summed E-state index contributed by atoms with van der Waals surface area (Å²) in [5.74, 6) is 0. The summed E-state index contributed by atoms with van der Waals surface area (Å²) in [6.45, 7) is -0.908. The molecule has 4 nitrogen and oxygen atoms in total. The van der Waals surface area contributed by atoms with E-state index < -0.39 is 28.8 Å². The highest BCUT2D eigenvalue weighted by atomic mass is 32.2. The minimum absolute atomic E-state index is 0.0381. The lowest BCUT2D eigenvalue weighted by molar-refractivity contribution is -0.141. The van der Waals surface area contributed by atoms with E-state index in [0.29, 0.717) is 4.31 Å². The molecule has 0 N–H and O–H groups in total. The molecule has 1 aliphatic carbocycles. The highest BCUT2D eigenvalue weighted by molar-refractivity contribution is 7.89. The smallest absolute Gasteiger partial charge is 0.381 e. The summed E-state index contributed by atoms with van der Waals surface area (Å²) in [4.78, 5) is -0.0381. The quantitative estimate of drug-likeness (QED) is 0.809. The van der Waals surface area contributed by atoms with Gasteiger partial charge in [-0.15, -0.1) is 0 Å². The Labute approximate surface area is 146 Å². The van der Waals surface area contributed by atoms with Gasteiger partial charge in [-0.2, -0.15) is 17.5 Å². The fourth-order valence-electron chi connectivity index (χ4n) is 3.57. The SMILES string of the molecule is O=S(=O)(c1ccc2c(c1)CCCC2)N(CC(F)(F)F)C1CCOCC1. The predicted octanol–water partition coefficient (Wildman–Crippen LogP) is 3.30. The molecule has 3 rings (SSSR count). The number of nitrogens with zero attached hydrogens (tertiary/aromatic N) is 1. The number of aryl methyl sites for hydroxylation is 2. The van der Waals surface area contributed by atoms with Crippen LogP contribution in [0.25, 0.3) is 0 Å². The van der Waals surface area contributed by atoms with Crippen molar-refractivity contribution in [2.45, 2.75) is 55.6 Å². The van der Waals surface area contributed by atoms with Crippen LogP contribution < -0.4 is 0 Å². The van der Waals surface area contributed by atoms with Crippen LogP contribution in [0.4, 0.5) is 13.2 Å². The first-order chi connectivity index (χ1) is 11.8. The van der Waals surface area contributed by atoms with Gasteiger partial charge in [0.05, 0.1) is 4.90 Å². The molecule has 1 fully saturated rings. The van der Waals surface area contributed by atoms with Crippen molar-refractivity contribution in [2.75, 3.05) is 19.8 Å². The zero-order valence-corrected chi connectivity index (χ0v) is 14.7. The third-order valence-electron chi connectivity index (χ3n) is 4.86. The maximum absolute atomic E-state index is 13.0. The Morgan fingerprint density at radius 3 is 2.36 bits per heavy atom. The lowest BCUT2D eigenvalue weighted by atomic mass is 9.92. The maximum atomic E-state index is 13.0. The van der Waals surface area contributed by atoms with Gasteiger partial charge in [0, 0.05) is 19.3 Å². The number of ether oxygens (including phenoxy) is 1. The number of sulfonamides is 1. The first kappa shape index (κ1) is 18.7. The van der Waals surface area contributed by atoms with Gasteiger partial charge in [0.1, 0.15) is 6.54 Å². The van der Waals surface area contributed by atoms with Crippen molar-refractivity contribution in [1.29, 1.82) is 0 Å². The molecule has 8 heteroatoms. The molecule has 0 bridgehead atoms. The molecule has 1 saturated heterocycles. The molecular weight excluding hydrogens is 355 g/mol. The Balaban J connectivity index is 1.95. The second kappa shape index (κ2) is 7.25. The van der Waals surface area contributed by atoms with E-state index in [1.165, 1.54) is 6.07 Å². The van der Waals surface area contributed by atoms with Crippen LogP contribution in [-0.2, 0) is 27.6 Å². The number of halogens is 3. The van der Waals surface area contributed by atoms with E-state index in [2.05, 4.69) is 0 Å². The standard InChI is InChI=1S/C17H22F3NO3S/c18-17(19,20)12-21(15-7-9-24-10-8-15)25(22,23)16-6-5-13-3-1-2-4-14(13)11-16/h5-6,11,15H,1-4,7-10,12H2. The third-order valence-corrected chi connectivity index (χ3v) is 6.75. The van der Waals surface area contributed by atoms with Gasteiger partial charge in [-0.1, -0.05) is 6.07 Å². The Morgan fingerprint density at radius 2 is 1.72 bits per heavy atom. The van der Waals surface area contributed by atoms with Crippen molar-refractivity contribution in [3.05, 3.63) is 29.3 Å². The Kier molecular flexibility index (Phi) is 5.41. The summed E-state index contributed by atoms with van der Waals surface area (Å²) in [6, 6.07) is 4.07. The van der Waals surface area contributed by atoms with E-state index in [9.17, 15) is 21.6 Å². The molecule has 1 heterocycles. The summed E-state index contributed by atoms with van der Waals surface area (Å²) in [5.41, 5.74) is 2.03. The van der Waals surface area contributed by atoms with Crippen LogP contribution in [0.1, 0.15) is 36.8 Å². The van der Waals surface area contributed by atoms with Crippen molar-refractivity contribution in [3.8, 4) is 0 Å². The van der Waals surface area contributed by atoms with Gasteiger partial charge in [0.15, 0.2) is 0 Å². The number of fused-ring (bicyclic) bond motifs is 1. The fourth-order valence-corrected chi connectivity index (χ4v) is 5.29. The average molecular weight is 377 g/mol. The molecule has 0 unspecified atom stereocenters. The van der Waals surface area contributed by atoms with Crippen LogP contribution in [0.2, 0.25) is 0 Å². The lowest BCUT2D eigenvalue weighted by Crippen LogP contribution is -2.47. The van der Waals surface area contributed by atoms with E-state index in [1.807, 2.05) is 0 Å². The lowest BCUT2D eigenvalue weighted by Gasteiger charge is -2.34. The average Bonchev–Trinajstić information content (AvgIpc) is 2.59. The topological polar surface area (TPSA) is 46.6 Å². The first-order valence-corrected chi connectivity index (χ1v) is 9.99. The summed E-state index contributed by atoms with van der Waals surface area (Å²) in [6.07, 6.45) is -0.332. The number of rotatable bonds is 4. The van der Waals surface area contributed by atoms with E-state index >= 15 is 0 Å². The highest BCUT2D eigenvalue weighted by Crippen LogP contribution is 2.30. The number of benzene rings is 1. The van der Waals surface area contributed by atoms with Crippen LogP contribution in [-0.4, -0.2) is 44.7 Å². The second-order valence-corrected chi connectivity index (χ2v) is 8.54. The molecule has 0 radical (unpaired) electrons. The van der Waals surface area contributed by atoms with E-state index in [4.69, 9.17) is 4.74 Å². The largest absolute Gasteiger partial charge is 0.402 e. The highest BCUT2D eigenvalue weighted by Gasteiger charge is 2.41. The Bertz CT molecular complexity index is 712. The molecular formula is C17H22F3NO3S. The van der Waals surface area contributed by atoms with Gasteiger partial charge in [-0.3, -0.25) is 0 Å². The minimum Gasteiger partial charge on any atom is -0.381 e. The van der Waals surface area contributed by atoms with E-state index in [0.717, 1.165) is 36.8 Å². The van der Waals surface area contributed by atoms with Gasteiger partial charge in [0.25, 0.3) is 0 Å². The van der Waals surface area contributed by atoms with Crippen molar-refractivity contribution < 1.29 is 26.3 Å². The molecule has 140 valence electrons. The van der Waals surface area contributed by atoms with Crippen molar-refractivity contribution in [2.24, 2.45) is 0 Å². The van der Waals surface area contributed by atoms with Gasteiger partial charge < -0.3 is 4.74 Å². The fraction of sp³-hybridized carbons (Fsp3) is 0.647. The monoisotopic (exact) mass is 377 g/mol. The van der Waals surface area contributed by atoms with Crippen LogP contribution in [0.5, 0.6) is 0 Å². The van der Waals surface area contributed by atoms with E-state index in [1.54, 1.807) is 12.1 Å². The summed E-state index contributed by atoms with van der Waals surface area (Å²) in [7, 11) is -4.21. The minimum atomic E-state index is -4.58. The molecule has 0 atom stereocenters.